The summed E-state index contributed by atoms with van der Waals surface area (Å²) in [6.45, 7) is 9.75. The van der Waals surface area contributed by atoms with Crippen LogP contribution in [0.4, 0.5) is 10.5 Å². The van der Waals surface area contributed by atoms with Crippen molar-refractivity contribution in [3.8, 4) is 0 Å². The molecule has 1 aromatic heterocycles. The average molecular weight is 393 g/mol. The van der Waals surface area contributed by atoms with Crippen LogP contribution < -0.4 is 0 Å². The van der Waals surface area contributed by atoms with E-state index in [1.165, 1.54) is 25.7 Å². The number of carbonyl (C=O) groups is 1. The van der Waals surface area contributed by atoms with Gasteiger partial charge in [-0.2, -0.15) is 0 Å². The maximum absolute atomic E-state index is 12.6. The van der Waals surface area contributed by atoms with Crippen LogP contribution in [-0.2, 0) is 11.3 Å². The number of nitrogens with zero attached hydrogens (tertiary/aromatic N) is 4. The van der Waals surface area contributed by atoms with Gasteiger partial charge in [0.15, 0.2) is 5.69 Å². The quantitative estimate of drug-likeness (QED) is 0.676. The molecule has 0 bridgehead atoms. The fourth-order valence-corrected chi connectivity index (χ4v) is 5.71. The Bertz CT molecular complexity index is 955. The van der Waals surface area contributed by atoms with Crippen LogP contribution in [0.15, 0.2) is 24.5 Å². The minimum absolute atomic E-state index is 0.104. The second-order valence-corrected chi connectivity index (χ2v) is 9.23. The molecule has 2 aliphatic carbocycles. The van der Waals surface area contributed by atoms with Crippen molar-refractivity contribution < 1.29 is 9.53 Å². The summed E-state index contributed by atoms with van der Waals surface area (Å²) in [7, 11) is 0. The van der Waals surface area contributed by atoms with E-state index in [-0.39, 0.29) is 11.7 Å². The zero-order chi connectivity index (χ0) is 19.8. The monoisotopic (exact) mass is 392 g/mol. The van der Waals surface area contributed by atoms with Crippen molar-refractivity contribution in [2.75, 3.05) is 13.1 Å². The maximum Gasteiger partial charge on any atom is 0.410 e. The molecule has 0 unspecified atom stereocenters. The predicted octanol–water partition coefficient (Wildman–Crippen LogP) is 5.16. The minimum atomic E-state index is -0.309. The number of ether oxygens (including phenoxy) is 1. The molecule has 2 heterocycles. The highest BCUT2D eigenvalue weighted by Gasteiger charge is 2.48. The highest BCUT2D eigenvalue weighted by atomic mass is 16.6. The number of benzene rings is 1. The number of imidazole rings is 1. The smallest absolute Gasteiger partial charge is 0.410 e. The summed E-state index contributed by atoms with van der Waals surface area (Å²) < 4.78 is 8.18. The van der Waals surface area contributed by atoms with Gasteiger partial charge in [0.05, 0.1) is 30.5 Å². The van der Waals surface area contributed by atoms with Crippen LogP contribution in [0.1, 0.15) is 51.4 Å². The molecular weight excluding hydrogens is 364 g/mol. The van der Waals surface area contributed by atoms with E-state index >= 15 is 0 Å². The lowest BCUT2D eigenvalue weighted by Crippen LogP contribution is -2.41. The van der Waals surface area contributed by atoms with Crippen molar-refractivity contribution >= 4 is 22.8 Å². The first-order chi connectivity index (χ1) is 14.1. The van der Waals surface area contributed by atoms with Gasteiger partial charge in [-0.15, -0.1) is 0 Å². The second kappa shape index (κ2) is 7.37. The third-order valence-corrected chi connectivity index (χ3v) is 7.09. The Morgan fingerprint density at radius 1 is 1.17 bits per heavy atom. The molecule has 3 aliphatic rings. The summed E-state index contributed by atoms with van der Waals surface area (Å²) in [4.78, 5) is 22.6. The maximum atomic E-state index is 12.6. The summed E-state index contributed by atoms with van der Waals surface area (Å²) >= 11 is 0. The molecular formula is C23H28N4O2. The van der Waals surface area contributed by atoms with Crippen molar-refractivity contribution in [3.05, 3.63) is 35.9 Å². The standard InChI is InChI=1S/C23H28N4O2/c1-24-19-8-9-20-21(11-19)27(16-25-20)14-18-7-4-10-23(12-18)15-26(22(28)29-23)13-17-5-2-3-6-17/h8-9,11,16-18H,2-7,10,12-15H2/t18-,23-/m0/s1. The second-order valence-electron chi connectivity index (χ2n) is 9.23. The minimum Gasteiger partial charge on any atom is -0.441 e. The van der Waals surface area contributed by atoms with Gasteiger partial charge in [0.1, 0.15) is 5.60 Å². The molecule has 6 nitrogen and oxygen atoms in total. The molecule has 2 aromatic rings. The van der Waals surface area contributed by atoms with E-state index in [4.69, 9.17) is 11.3 Å². The number of fused-ring (bicyclic) bond motifs is 1. The Morgan fingerprint density at radius 3 is 2.83 bits per heavy atom. The Balaban J connectivity index is 1.29. The van der Waals surface area contributed by atoms with Crippen LogP contribution in [0.5, 0.6) is 0 Å². The molecule has 29 heavy (non-hydrogen) atoms. The molecule has 5 rings (SSSR count). The SMILES string of the molecule is [C-]#[N+]c1ccc2ncn(C[C@H]3CCC[C@]4(C3)CN(CC3CCCC3)C(=O)O4)c2c1. The molecule has 1 amide bonds. The Morgan fingerprint density at radius 2 is 2.00 bits per heavy atom. The lowest BCUT2D eigenvalue weighted by Gasteiger charge is -2.36. The van der Waals surface area contributed by atoms with E-state index in [9.17, 15) is 4.79 Å². The number of carbonyl (C=O) groups excluding carboxylic acids is 1. The molecule has 1 aromatic carbocycles. The van der Waals surface area contributed by atoms with Crippen LogP contribution in [0.25, 0.3) is 15.9 Å². The van der Waals surface area contributed by atoms with E-state index in [0.717, 1.165) is 56.4 Å². The first-order valence-corrected chi connectivity index (χ1v) is 10.9. The van der Waals surface area contributed by atoms with Gasteiger partial charge in [-0.05, 0) is 62.5 Å². The van der Waals surface area contributed by atoms with Gasteiger partial charge in [0, 0.05) is 13.1 Å². The Labute approximate surface area is 171 Å². The van der Waals surface area contributed by atoms with Crippen molar-refractivity contribution in [2.24, 2.45) is 11.8 Å². The summed E-state index contributed by atoms with van der Waals surface area (Å²) in [5.41, 5.74) is 2.28. The summed E-state index contributed by atoms with van der Waals surface area (Å²) in [5, 5.41) is 0. The molecule has 6 heteroatoms. The van der Waals surface area contributed by atoms with E-state index in [0.29, 0.717) is 17.5 Å². The first kappa shape index (κ1) is 18.5. The van der Waals surface area contributed by atoms with E-state index in [1.807, 2.05) is 29.4 Å². The molecule has 152 valence electrons. The van der Waals surface area contributed by atoms with Crippen molar-refractivity contribution in [1.82, 2.24) is 14.5 Å². The highest BCUT2D eigenvalue weighted by Crippen LogP contribution is 2.41. The molecule has 1 saturated heterocycles. The van der Waals surface area contributed by atoms with E-state index in [1.54, 1.807) is 0 Å². The van der Waals surface area contributed by atoms with Gasteiger partial charge < -0.3 is 14.2 Å². The lowest BCUT2D eigenvalue weighted by molar-refractivity contribution is 0.00414. The largest absolute Gasteiger partial charge is 0.441 e. The summed E-state index contributed by atoms with van der Waals surface area (Å²) in [6.07, 6.45) is 11.0. The van der Waals surface area contributed by atoms with Gasteiger partial charge in [-0.3, -0.25) is 0 Å². The number of hydrogen-bond acceptors (Lipinski definition) is 3. The molecule has 1 spiro atoms. The van der Waals surface area contributed by atoms with Crippen molar-refractivity contribution in [2.45, 2.75) is 63.5 Å². The van der Waals surface area contributed by atoms with E-state index in [2.05, 4.69) is 14.4 Å². The normalized spacial score (nSPS) is 27.6. The third-order valence-electron chi connectivity index (χ3n) is 7.09. The number of rotatable bonds is 4. The van der Waals surface area contributed by atoms with E-state index < -0.39 is 0 Å². The fourth-order valence-electron chi connectivity index (χ4n) is 5.71. The van der Waals surface area contributed by atoms with Crippen LogP contribution >= 0.6 is 0 Å². The molecule has 0 N–H and O–H groups in total. The zero-order valence-corrected chi connectivity index (χ0v) is 16.8. The summed E-state index contributed by atoms with van der Waals surface area (Å²) in [6, 6.07) is 5.66. The molecule has 3 fully saturated rings. The molecule has 0 radical (unpaired) electrons. The highest BCUT2D eigenvalue weighted by molar-refractivity contribution is 5.79. The predicted molar refractivity (Wildman–Crippen MR) is 111 cm³/mol. The van der Waals surface area contributed by atoms with Crippen LogP contribution in [-0.4, -0.2) is 39.2 Å². The number of amides is 1. The lowest BCUT2D eigenvalue weighted by atomic mass is 9.78. The van der Waals surface area contributed by atoms with Gasteiger partial charge in [-0.1, -0.05) is 18.9 Å². The summed E-state index contributed by atoms with van der Waals surface area (Å²) in [5.74, 6) is 1.11. The Hall–Kier alpha value is -2.55. The van der Waals surface area contributed by atoms with Crippen molar-refractivity contribution in [1.29, 1.82) is 0 Å². The Kier molecular flexibility index (Phi) is 4.69. The van der Waals surface area contributed by atoms with Gasteiger partial charge in [0.25, 0.3) is 0 Å². The molecule has 2 saturated carbocycles. The van der Waals surface area contributed by atoms with Gasteiger partial charge in [-0.25, -0.2) is 14.6 Å². The number of hydrogen-bond donors (Lipinski definition) is 0. The van der Waals surface area contributed by atoms with Gasteiger partial charge in [0.2, 0.25) is 0 Å². The topological polar surface area (TPSA) is 51.7 Å². The molecule has 2 atom stereocenters. The zero-order valence-electron chi connectivity index (χ0n) is 16.8. The van der Waals surface area contributed by atoms with Crippen LogP contribution in [0.2, 0.25) is 0 Å². The van der Waals surface area contributed by atoms with Crippen LogP contribution in [0, 0.1) is 18.4 Å². The fraction of sp³-hybridized carbons (Fsp3) is 0.609. The number of aromatic nitrogens is 2. The van der Waals surface area contributed by atoms with Crippen molar-refractivity contribution in [3.63, 3.8) is 0 Å². The van der Waals surface area contributed by atoms with Gasteiger partial charge >= 0.3 is 6.09 Å². The third kappa shape index (κ3) is 3.59. The average Bonchev–Trinajstić information content (AvgIpc) is 3.43. The first-order valence-electron chi connectivity index (χ1n) is 10.9. The van der Waals surface area contributed by atoms with Crippen LogP contribution in [0.3, 0.4) is 0 Å². The molecule has 1 aliphatic heterocycles.